The summed E-state index contributed by atoms with van der Waals surface area (Å²) in [5.41, 5.74) is 0. The van der Waals surface area contributed by atoms with Gasteiger partial charge in [-0.3, -0.25) is 9.59 Å². The van der Waals surface area contributed by atoms with Gasteiger partial charge in [0.05, 0.1) is 0 Å². The molecule has 1 aliphatic carbocycles. The van der Waals surface area contributed by atoms with E-state index in [-0.39, 0.29) is 16.4 Å². The standard InChI is InChI=1S/C13H21ClO.C8H15ClO/c1-2-3-4-5-8-11-9-6-7-10-12(11)13(14)15;1-2-3-4-5-6-7-8(9)10/h6,9,11-12H,2-5,7-8,10H2,1H3;2-7H2,1H3. The number of carbonyl (C=O) groups excluding carboxylic acids is 2. The van der Waals surface area contributed by atoms with E-state index in [2.05, 4.69) is 26.0 Å². The topological polar surface area (TPSA) is 34.1 Å². The van der Waals surface area contributed by atoms with Crippen molar-refractivity contribution >= 4 is 33.7 Å². The van der Waals surface area contributed by atoms with E-state index in [1.807, 2.05) is 0 Å². The molecule has 0 radical (unpaired) electrons. The first kappa shape index (κ1) is 24.7. The zero-order valence-electron chi connectivity index (χ0n) is 16.1. The van der Waals surface area contributed by atoms with E-state index in [0.29, 0.717) is 12.3 Å². The average molecular weight is 391 g/mol. The van der Waals surface area contributed by atoms with E-state index in [1.165, 1.54) is 44.9 Å². The second-order valence-electron chi connectivity index (χ2n) is 6.95. The van der Waals surface area contributed by atoms with Crippen LogP contribution in [0.1, 0.15) is 97.3 Å². The molecule has 25 heavy (non-hydrogen) atoms. The second-order valence-corrected chi connectivity index (χ2v) is 7.74. The van der Waals surface area contributed by atoms with Crippen molar-refractivity contribution in [1.82, 2.24) is 0 Å². The monoisotopic (exact) mass is 390 g/mol. The van der Waals surface area contributed by atoms with Crippen LogP contribution in [0, 0.1) is 11.8 Å². The Kier molecular flexibility index (Phi) is 16.9. The van der Waals surface area contributed by atoms with Crippen molar-refractivity contribution in [3.05, 3.63) is 12.2 Å². The Bertz CT molecular complexity index is 380. The Morgan fingerprint density at radius 1 is 0.920 bits per heavy atom. The number of halogens is 2. The van der Waals surface area contributed by atoms with Crippen molar-refractivity contribution in [2.75, 3.05) is 0 Å². The summed E-state index contributed by atoms with van der Waals surface area (Å²) < 4.78 is 0. The zero-order chi connectivity index (χ0) is 18.9. The molecular formula is C21H36Cl2O2. The summed E-state index contributed by atoms with van der Waals surface area (Å²) in [6, 6.07) is 0. The molecule has 4 heteroatoms. The summed E-state index contributed by atoms with van der Waals surface area (Å²) in [5.74, 6) is 0.485. The molecule has 2 atom stereocenters. The van der Waals surface area contributed by atoms with Crippen LogP contribution in [0.15, 0.2) is 12.2 Å². The summed E-state index contributed by atoms with van der Waals surface area (Å²) in [4.78, 5) is 21.5. The summed E-state index contributed by atoms with van der Waals surface area (Å²) in [6.45, 7) is 4.39. The maximum absolute atomic E-state index is 11.2. The number of rotatable bonds is 12. The van der Waals surface area contributed by atoms with Gasteiger partial charge in [-0.05, 0) is 54.8 Å². The maximum atomic E-state index is 11.2. The van der Waals surface area contributed by atoms with Gasteiger partial charge in [0, 0.05) is 12.3 Å². The average Bonchev–Trinajstić information content (AvgIpc) is 2.59. The van der Waals surface area contributed by atoms with Crippen molar-refractivity contribution in [2.24, 2.45) is 11.8 Å². The highest BCUT2D eigenvalue weighted by Gasteiger charge is 2.26. The molecule has 0 aromatic heterocycles. The van der Waals surface area contributed by atoms with Gasteiger partial charge in [-0.15, -0.1) is 0 Å². The number of hydrogen-bond acceptors (Lipinski definition) is 2. The third-order valence-electron chi connectivity index (χ3n) is 4.70. The molecule has 0 fully saturated rings. The first-order chi connectivity index (χ1) is 12.0. The summed E-state index contributed by atoms with van der Waals surface area (Å²) >= 11 is 10.8. The minimum atomic E-state index is -0.198. The van der Waals surface area contributed by atoms with Crippen molar-refractivity contribution in [3.8, 4) is 0 Å². The lowest BCUT2D eigenvalue weighted by Gasteiger charge is -2.24. The molecule has 0 N–H and O–H groups in total. The molecule has 0 bridgehead atoms. The molecule has 0 saturated heterocycles. The Morgan fingerprint density at radius 2 is 1.52 bits per heavy atom. The fourth-order valence-electron chi connectivity index (χ4n) is 3.15. The van der Waals surface area contributed by atoms with Gasteiger partial charge in [0.25, 0.3) is 0 Å². The second kappa shape index (κ2) is 17.1. The molecule has 0 amide bonds. The van der Waals surface area contributed by atoms with Crippen LogP contribution in [0.5, 0.6) is 0 Å². The van der Waals surface area contributed by atoms with Gasteiger partial charge >= 0.3 is 0 Å². The molecule has 146 valence electrons. The number of hydrogen-bond donors (Lipinski definition) is 0. The maximum Gasteiger partial charge on any atom is 0.225 e. The molecule has 1 aliphatic rings. The predicted octanol–water partition coefficient (Wildman–Crippen LogP) is 7.42. The van der Waals surface area contributed by atoms with E-state index < -0.39 is 0 Å². The highest BCUT2D eigenvalue weighted by atomic mass is 35.5. The van der Waals surface area contributed by atoms with E-state index in [9.17, 15) is 9.59 Å². The quantitative estimate of drug-likeness (QED) is 0.197. The number of unbranched alkanes of at least 4 members (excludes halogenated alkanes) is 7. The fourth-order valence-corrected chi connectivity index (χ4v) is 3.55. The van der Waals surface area contributed by atoms with Crippen LogP contribution in [-0.2, 0) is 9.59 Å². The van der Waals surface area contributed by atoms with Gasteiger partial charge in [-0.1, -0.05) is 77.4 Å². The molecule has 0 aliphatic heterocycles. The normalized spacial score (nSPS) is 19.2. The van der Waals surface area contributed by atoms with E-state index in [0.717, 1.165) is 32.1 Å². The van der Waals surface area contributed by atoms with Crippen LogP contribution < -0.4 is 0 Å². The Morgan fingerprint density at radius 3 is 2.08 bits per heavy atom. The highest BCUT2D eigenvalue weighted by molar-refractivity contribution is 6.64. The third-order valence-corrected chi connectivity index (χ3v) is 5.17. The largest absolute Gasteiger partial charge is 0.281 e. The van der Waals surface area contributed by atoms with Crippen LogP contribution in [0.4, 0.5) is 0 Å². The zero-order valence-corrected chi connectivity index (χ0v) is 17.6. The predicted molar refractivity (Wildman–Crippen MR) is 109 cm³/mol. The third kappa shape index (κ3) is 14.5. The molecule has 0 spiro atoms. The molecule has 2 nitrogen and oxygen atoms in total. The van der Waals surface area contributed by atoms with E-state index in [4.69, 9.17) is 23.2 Å². The lowest BCUT2D eigenvalue weighted by Crippen LogP contribution is -2.21. The number of allylic oxidation sites excluding steroid dienone is 2. The van der Waals surface area contributed by atoms with Crippen molar-refractivity contribution in [3.63, 3.8) is 0 Å². The molecule has 0 aromatic carbocycles. The summed E-state index contributed by atoms with van der Waals surface area (Å²) in [5, 5.41) is -0.337. The lowest BCUT2D eigenvalue weighted by atomic mass is 9.81. The summed E-state index contributed by atoms with van der Waals surface area (Å²) in [6.07, 6.45) is 18.9. The van der Waals surface area contributed by atoms with Gasteiger partial charge < -0.3 is 0 Å². The Hall–Kier alpha value is -0.340. The molecule has 1 rings (SSSR count). The molecule has 0 saturated carbocycles. The van der Waals surface area contributed by atoms with Crippen LogP contribution in [-0.4, -0.2) is 10.5 Å². The smallest absolute Gasteiger partial charge is 0.225 e. The molecule has 0 aromatic rings. The SMILES string of the molecule is CCCCCCC1C=CCCC1C(=O)Cl.CCCCCCCC(=O)Cl. The van der Waals surface area contributed by atoms with Crippen molar-refractivity contribution in [2.45, 2.75) is 97.3 Å². The van der Waals surface area contributed by atoms with E-state index >= 15 is 0 Å². The summed E-state index contributed by atoms with van der Waals surface area (Å²) in [7, 11) is 0. The first-order valence-corrected chi connectivity index (χ1v) is 10.8. The van der Waals surface area contributed by atoms with E-state index in [1.54, 1.807) is 0 Å². The van der Waals surface area contributed by atoms with Gasteiger partial charge in [0.15, 0.2) is 0 Å². The van der Waals surface area contributed by atoms with Crippen LogP contribution in [0.25, 0.3) is 0 Å². The minimum Gasteiger partial charge on any atom is -0.281 e. The van der Waals surface area contributed by atoms with Crippen LogP contribution >= 0.6 is 23.2 Å². The van der Waals surface area contributed by atoms with Gasteiger partial charge in [0.2, 0.25) is 10.5 Å². The molecule has 0 heterocycles. The molecular weight excluding hydrogens is 355 g/mol. The first-order valence-electron chi connectivity index (χ1n) is 10.1. The minimum absolute atomic E-state index is 0.0818. The molecule has 2 unspecified atom stereocenters. The Labute approximate surface area is 164 Å². The lowest BCUT2D eigenvalue weighted by molar-refractivity contribution is -0.116. The van der Waals surface area contributed by atoms with Crippen molar-refractivity contribution < 1.29 is 9.59 Å². The van der Waals surface area contributed by atoms with Gasteiger partial charge in [0.1, 0.15) is 0 Å². The van der Waals surface area contributed by atoms with Crippen LogP contribution in [0.3, 0.4) is 0 Å². The van der Waals surface area contributed by atoms with Gasteiger partial charge in [-0.25, -0.2) is 0 Å². The number of carbonyl (C=O) groups is 2. The van der Waals surface area contributed by atoms with Crippen molar-refractivity contribution in [1.29, 1.82) is 0 Å². The van der Waals surface area contributed by atoms with Gasteiger partial charge in [-0.2, -0.15) is 0 Å². The van der Waals surface area contributed by atoms with Crippen LogP contribution in [0.2, 0.25) is 0 Å². The fraction of sp³-hybridized carbons (Fsp3) is 0.810. The Balaban J connectivity index is 0.000000504. The highest BCUT2D eigenvalue weighted by Crippen LogP contribution is 2.30.